The number of morpholine rings is 2. The zero-order valence-corrected chi connectivity index (χ0v) is 9.41. The van der Waals surface area contributed by atoms with Gasteiger partial charge in [0.2, 0.25) is 0 Å². The van der Waals surface area contributed by atoms with Gasteiger partial charge >= 0.3 is 6.09 Å². The molecule has 2 fully saturated rings. The van der Waals surface area contributed by atoms with E-state index in [0.29, 0.717) is 0 Å². The number of hydrogen-bond donors (Lipinski definition) is 4. The minimum Gasteiger partial charge on any atom is -0.465 e. The lowest BCUT2D eigenvalue weighted by atomic mass is 10.5. The van der Waals surface area contributed by atoms with Crippen LogP contribution in [0.15, 0.2) is 0 Å². The molecule has 2 aliphatic rings. The van der Waals surface area contributed by atoms with E-state index in [1.807, 2.05) is 0 Å². The van der Waals surface area contributed by atoms with Crippen LogP contribution in [0.3, 0.4) is 0 Å². The zero-order chi connectivity index (χ0) is 12.1. The van der Waals surface area contributed by atoms with Crippen molar-refractivity contribution in [3.05, 3.63) is 0 Å². The third-order valence-corrected chi connectivity index (χ3v) is 1.69. The van der Waals surface area contributed by atoms with Crippen molar-refractivity contribution in [1.82, 2.24) is 10.6 Å². The molecule has 16 heavy (non-hydrogen) atoms. The summed E-state index contributed by atoms with van der Waals surface area (Å²) in [6, 6.07) is 0. The van der Waals surface area contributed by atoms with E-state index in [2.05, 4.69) is 16.4 Å². The second kappa shape index (κ2) is 12.2. The van der Waals surface area contributed by atoms with E-state index in [1.54, 1.807) is 0 Å². The Bertz CT molecular complexity index is 122. The van der Waals surface area contributed by atoms with E-state index in [0.717, 1.165) is 52.6 Å². The van der Waals surface area contributed by atoms with Crippen molar-refractivity contribution in [2.45, 2.75) is 0 Å². The summed E-state index contributed by atoms with van der Waals surface area (Å²) >= 11 is 0. The third kappa shape index (κ3) is 15.6. The van der Waals surface area contributed by atoms with Crippen molar-refractivity contribution < 1.29 is 19.4 Å². The predicted octanol–water partition coefficient (Wildman–Crippen LogP) is -1.16. The number of hydrogen-bond acceptors (Lipinski definition) is 5. The van der Waals surface area contributed by atoms with Crippen molar-refractivity contribution in [1.29, 1.82) is 0 Å². The number of primary amides is 1. The molecule has 0 spiro atoms. The van der Waals surface area contributed by atoms with Crippen LogP contribution >= 0.6 is 0 Å². The molecule has 7 nitrogen and oxygen atoms in total. The van der Waals surface area contributed by atoms with Gasteiger partial charge in [0.25, 0.3) is 0 Å². The van der Waals surface area contributed by atoms with Gasteiger partial charge in [-0.25, -0.2) is 4.79 Å². The van der Waals surface area contributed by atoms with Gasteiger partial charge in [0.15, 0.2) is 0 Å². The number of amides is 1. The van der Waals surface area contributed by atoms with Crippen LogP contribution in [-0.2, 0) is 9.47 Å². The summed E-state index contributed by atoms with van der Waals surface area (Å²) in [6.07, 6.45) is -1.33. The van der Waals surface area contributed by atoms with Gasteiger partial charge in [-0.05, 0) is 0 Å². The summed E-state index contributed by atoms with van der Waals surface area (Å²) in [6.45, 7) is 7.67. The van der Waals surface area contributed by atoms with Crippen LogP contribution in [0.5, 0.6) is 0 Å². The van der Waals surface area contributed by atoms with Gasteiger partial charge in [-0.2, -0.15) is 0 Å². The third-order valence-electron chi connectivity index (χ3n) is 1.69. The lowest BCUT2D eigenvalue weighted by Crippen LogP contribution is -2.30. The van der Waals surface area contributed by atoms with Gasteiger partial charge in [0.1, 0.15) is 0 Å². The van der Waals surface area contributed by atoms with Gasteiger partial charge in [0, 0.05) is 26.2 Å². The molecule has 0 aromatic carbocycles. The number of nitrogens with one attached hydrogen (secondary N) is 2. The monoisotopic (exact) mass is 235 g/mol. The van der Waals surface area contributed by atoms with E-state index >= 15 is 0 Å². The molecule has 1 amide bonds. The quantitative estimate of drug-likeness (QED) is 0.422. The largest absolute Gasteiger partial charge is 0.465 e. The fourth-order valence-corrected chi connectivity index (χ4v) is 1.03. The molecule has 2 rings (SSSR count). The van der Waals surface area contributed by atoms with Crippen LogP contribution in [-0.4, -0.2) is 63.8 Å². The summed E-state index contributed by atoms with van der Waals surface area (Å²) in [4.78, 5) is 8.78. The van der Waals surface area contributed by atoms with Gasteiger partial charge < -0.3 is 30.9 Å². The molecule has 0 atom stereocenters. The second-order valence-electron chi connectivity index (χ2n) is 3.06. The molecule has 7 heteroatoms. The maximum atomic E-state index is 8.78. The molecule has 0 unspecified atom stereocenters. The average Bonchev–Trinajstić information content (AvgIpc) is 2.34. The summed E-state index contributed by atoms with van der Waals surface area (Å²) in [5, 5.41) is 13.5. The molecule has 96 valence electrons. The van der Waals surface area contributed by atoms with E-state index < -0.39 is 6.09 Å². The predicted molar refractivity (Wildman–Crippen MR) is 59.6 cm³/mol. The molecular weight excluding hydrogens is 214 g/mol. The summed E-state index contributed by atoms with van der Waals surface area (Å²) < 4.78 is 10.0. The highest BCUT2D eigenvalue weighted by atomic mass is 16.5. The van der Waals surface area contributed by atoms with Crippen LogP contribution in [0.1, 0.15) is 0 Å². The average molecular weight is 235 g/mol. The van der Waals surface area contributed by atoms with Crippen LogP contribution in [0.4, 0.5) is 4.79 Å². The molecule has 2 saturated heterocycles. The summed E-state index contributed by atoms with van der Waals surface area (Å²) in [7, 11) is 0. The molecule has 0 saturated carbocycles. The minimum atomic E-state index is -1.33. The normalized spacial score (nSPS) is 19.5. The first-order valence-corrected chi connectivity index (χ1v) is 5.29. The first-order chi connectivity index (χ1) is 7.73. The molecule has 2 heterocycles. The molecular formula is C9H21N3O4. The topological polar surface area (TPSA) is 106 Å². The van der Waals surface area contributed by atoms with Crippen LogP contribution in [0, 0.1) is 0 Å². The number of carbonyl (C=O) groups is 1. The van der Waals surface area contributed by atoms with Crippen molar-refractivity contribution in [2.75, 3.05) is 52.6 Å². The molecule has 5 N–H and O–H groups in total. The fourth-order valence-electron chi connectivity index (χ4n) is 1.03. The minimum absolute atomic E-state index is 0.889. The number of ether oxygens (including phenoxy) is 2. The zero-order valence-electron chi connectivity index (χ0n) is 9.41. The maximum Gasteiger partial charge on any atom is 0.402 e. The molecule has 0 aromatic heterocycles. The lowest BCUT2D eigenvalue weighted by Gasteiger charge is -2.10. The standard InChI is InChI=1S/2C4H9NO.CH3NO2/c2*1-3-6-4-2-5-1;2-1(3)4/h2*5H,1-4H2;2H2,(H,3,4). The molecule has 0 aromatic rings. The fraction of sp³-hybridized carbons (Fsp3) is 0.889. The first-order valence-electron chi connectivity index (χ1n) is 5.29. The van der Waals surface area contributed by atoms with Crippen molar-refractivity contribution in [3.63, 3.8) is 0 Å². The molecule has 0 radical (unpaired) electrons. The Labute approximate surface area is 95.3 Å². The first kappa shape index (κ1) is 15.1. The molecule has 0 bridgehead atoms. The van der Waals surface area contributed by atoms with Gasteiger partial charge in [-0.3, -0.25) is 0 Å². The van der Waals surface area contributed by atoms with Crippen molar-refractivity contribution >= 4 is 6.09 Å². The van der Waals surface area contributed by atoms with Gasteiger partial charge in [-0.15, -0.1) is 0 Å². The van der Waals surface area contributed by atoms with Crippen LogP contribution in [0.25, 0.3) is 0 Å². The Morgan fingerprint density at radius 1 is 0.938 bits per heavy atom. The number of carboxylic acid groups (broad SMARTS) is 1. The van der Waals surface area contributed by atoms with E-state index in [1.165, 1.54) is 0 Å². The number of nitrogens with two attached hydrogens (primary N) is 1. The second-order valence-corrected chi connectivity index (χ2v) is 3.06. The highest BCUT2D eigenvalue weighted by Gasteiger charge is 1.93. The Morgan fingerprint density at radius 2 is 1.19 bits per heavy atom. The maximum absolute atomic E-state index is 8.78. The van der Waals surface area contributed by atoms with E-state index in [4.69, 9.17) is 19.4 Å². The highest BCUT2D eigenvalue weighted by Crippen LogP contribution is 1.77. The van der Waals surface area contributed by atoms with Crippen molar-refractivity contribution in [2.24, 2.45) is 5.73 Å². The van der Waals surface area contributed by atoms with Crippen molar-refractivity contribution in [3.8, 4) is 0 Å². The van der Waals surface area contributed by atoms with Gasteiger partial charge in [0.05, 0.1) is 26.4 Å². The lowest BCUT2D eigenvalue weighted by molar-refractivity contribution is 0.109. The smallest absolute Gasteiger partial charge is 0.402 e. The van der Waals surface area contributed by atoms with Crippen LogP contribution < -0.4 is 16.4 Å². The van der Waals surface area contributed by atoms with E-state index in [9.17, 15) is 0 Å². The Balaban J connectivity index is 0.000000217. The van der Waals surface area contributed by atoms with E-state index in [-0.39, 0.29) is 0 Å². The number of rotatable bonds is 0. The summed E-state index contributed by atoms with van der Waals surface area (Å²) in [5.41, 5.74) is 4.03. The SMILES string of the molecule is C1COCCN1.C1COCCN1.NC(=O)O. The molecule has 2 aliphatic heterocycles. The van der Waals surface area contributed by atoms with Gasteiger partial charge in [-0.1, -0.05) is 0 Å². The Hall–Kier alpha value is -0.890. The summed E-state index contributed by atoms with van der Waals surface area (Å²) in [5.74, 6) is 0. The molecule has 0 aliphatic carbocycles. The Morgan fingerprint density at radius 3 is 1.25 bits per heavy atom. The Kier molecular flexibility index (Phi) is 11.5. The van der Waals surface area contributed by atoms with Crippen LogP contribution in [0.2, 0.25) is 0 Å². The highest BCUT2D eigenvalue weighted by molar-refractivity contribution is 5.61.